The normalized spacial score (nSPS) is 16.1. The Balaban J connectivity index is 1.31. The number of nitrogens with one attached hydrogen (secondary N) is 3. The van der Waals surface area contributed by atoms with Crippen molar-refractivity contribution in [1.82, 2.24) is 20.0 Å². The standard InChI is InChI=1S/C32H42ClFN6O8S2/c1-32(2,3)48-31(42)38-25-10-8-9-24(25)35-13-6-7-14-47-30(41)39-26-17-23(34)28(16-22(26)33)50(43,44)40(29-36-19-37-49-29)18-20-11-12-21(45-4)15-27(20)46-5/h11-12,15-17,19,24-25,35H,6-10,13-14,18H2,1-5H3,(H,38,42)(H,39,41)/t24-,25-/m1/s1. The van der Waals surface area contributed by atoms with Gasteiger partial charge in [-0.1, -0.05) is 11.6 Å². The van der Waals surface area contributed by atoms with Crippen LogP contribution in [0.5, 0.6) is 11.5 Å². The summed E-state index contributed by atoms with van der Waals surface area (Å²) in [5.41, 5.74) is -0.287. The molecule has 1 saturated carbocycles. The van der Waals surface area contributed by atoms with Gasteiger partial charge in [0.15, 0.2) is 0 Å². The van der Waals surface area contributed by atoms with E-state index >= 15 is 4.39 Å². The Bertz CT molecular complexity index is 1730. The fraction of sp³-hybridized carbons (Fsp3) is 0.500. The Morgan fingerprint density at radius 1 is 1.08 bits per heavy atom. The monoisotopic (exact) mass is 756 g/mol. The summed E-state index contributed by atoms with van der Waals surface area (Å²) in [4.78, 5) is 27.9. The van der Waals surface area contributed by atoms with Gasteiger partial charge in [0.2, 0.25) is 5.13 Å². The zero-order valence-electron chi connectivity index (χ0n) is 28.5. The van der Waals surface area contributed by atoms with Crippen molar-refractivity contribution in [2.24, 2.45) is 0 Å². The molecule has 0 bridgehead atoms. The quantitative estimate of drug-likeness (QED) is 0.153. The van der Waals surface area contributed by atoms with E-state index < -0.39 is 38.5 Å². The zero-order valence-corrected chi connectivity index (χ0v) is 30.8. The van der Waals surface area contributed by atoms with Crippen molar-refractivity contribution in [1.29, 1.82) is 0 Å². The van der Waals surface area contributed by atoms with Crippen LogP contribution in [0.4, 0.5) is 24.8 Å². The summed E-state index contributed by atoms with van der Waals surface area (Å²) < 4.78 is 69.2. The first-order valence-corrected chi connectivity index (χ1v) is 18.5. The average Bonchev–Trinajstić information content (AvgIpc) is 3.74. The number of nitrogens with zero attached hydrogens (tertiary/aromatic N) is 3. The Morgan fingerprint density at radius 3 is 2.52 bits per heavy atom. The van der Waals surface area contributed by atoms with E-state index in [1.807, 2.05) is 20.8 Å². The number of sulfonamides is 1. The third-order valence-corrected chi connectivity index (χ3v) is 10.5. The Hall–Kier alpha value is -3.93. The van der Waals surface area contributed by atoms with Gasteiger partial charge in [0.1, 0.15) is 34.1 Å². The molecule has 0 aliphatic heterocycles. The van der Waals surface area contributed by atoms with E-state index in [2.05, 4.69) is 25.3 Å². The molecule has 0 saturated heterocycles. The molecular weight excluding hydrogens is 715 g/mol. The van der Waals surface area contributed by atoms with Crippen LogP contribution in [0, 0.1) is 5.82 Å². The Labute approximate surface area is 300 Å². The lowest BCUT2D eigenvalue weighted by atomic mass is 10.1. The minimum atomic E-state index is -4.59. The molecule has 3 aromatic rings. The van der Waals surface area contributed by atoms with Crippen LogP contribution in [0.3, 0.4) is 0 Å². The van der Waals surface area contributed by atoms with Crippen LogP contribution in [0.1, 0.15) is 58.4 Å². The summed E-state index contributed by atoms with van der Waals surface area (Å²) in [6, 6.07) is 6.67. The zero-order chi connectivity index (χ0) is 36.5. The summed E-state index contributed by atoms with van der Waals surface area (Å²) in [7, 11) is -1.68. The van der Waals surface area contributed by atoms with Gasteiger partial charge < -0.3 is 29.6 Å². The molecule has 3 N–H and O–H groups in total. The summed E-state index contributed by atoms with van der Waals surface area (Å²) in [5.74, 6) is -0.314. The maximum Gasteiger partial charge on any atom is 0.411 e. The van der Waals surface area contributed by atoms with Crippen LogP contribution in [-0.2, 0) is 26.0 Å². The molecule has 1 aliphatic carbocycles. The SMILES string of the molecule is COc1ccc(CN(c2ncns2)S(=O)(=O)c2cc(Cl)c(NC(=O)OCCCCN[C@@H]3CCC[C@H]3NC(=O)OC(C)(C)C)cc2F)c(OC)c1. The van der Waals surface area contributed by atoms with Gasteiger partial charge in [-0.15, -0.1) is 0 Å². The molecule has 0 radical (unpaired) electrons. The first kappa shape index (κ1) is 38.9. The number of alkyl carbamates (subject to hydrolysis) is 1. The minimum absolute atomic E-state index is 0.0140. The highest BCUT2D eigenvalue weighted by atomic mass is 35.5. The van der Waals surface area contributed by atoms with Gasteiger partial charge in [-0.05, 0) is 77.6 Å². The van der Waals surface area contributed by atoms with E-state index in [9.17, 15) is 18.0 Å². The topological polar surface area (TPSA) is 170 Å². The summed E-state index contributed by atoms with van der Waals surface area (Å²) in [6.45, 7) is 5.90. The number of hydrogen-bond donors (Lipinski definition) is 3. The summed E-state index contributed by atoms with van der Waals surface area (Å²) in [6.07, 6.45) is 3.87. The number of halogens is 2. The molecule has 4 rings (SSSR count). The molecule has 0 unspecified atom stereocenters. The van der Waals surface area contributed by atoms with E-state index in [0.717, 1.165) is 47.2 Å². The van der Waals surface area contributed by atoms with Gasteiger partial charge in [0.25, 0.3) is 10.0 Å². The smallest absolute Gasteiger partial charge is 0.411 e. The molecular formula is C32H42ClFN6O8S2. The Kier molecular flexibility index (Phi) is 13.5. The van der Waals surface area contributed by atoms with Crippen LogP contribution in [0.15, 0.2) is 41.6 Å². The molecule has 1 aromatic heterocycles. The second-order valence-electron chi connectivity index (χ2n) is 12.4. The molecule has 0 spiro atoms. The van der Waals surface area contributed by atoms with Gasteiger partial charge >= 0.3 is 12.2 Å². The highest BCUT2D eigenvalue weighted by molar-refractivity contribution is 7.93. The number of benzene rings is 2. The number of hydrogen-bond acceptors (Lipinski definition) is 12. The predicted octanol–water partition coefficient (Wildman–Crippen LogP) is 6.11. The number of carbonyl (C=O) groups is 2. The van der Waals surface area contributed by atoms with Crippen molar-refractivity contribution in [2.45, 2.75) is 82.0 Å². The van der Waals surface area contributed by atoms with Crippen molar-refractivity contribution in [3.63, 3.8) is 0 Å². The van der Waals surface area contributed by atoms with Gasteiger partial charge in [-0.25, -0.2) is 31.7 Å². The molecule has 2 aromatic carbocycles. The molecule has 274 valence electrons. The first-order chi connectivity index (χ1) is 23.7. The fourth-order valence-electron chi connectivity index (χ4n) is 5.27. The summed E-state index contributed by atoms with van der Waals surface area (Å²) in [5, 5.41) is 8.51. The summed E-state index contributed by atoms with van der Waals surface area (Å²) >= 11 is 7.14. The number of anilines is 2. The van der Waals surface area contributed by atoms with Crippen molar-refractivity contribution >= 4 is 56.2 Å². The molecule has 50 heavy (non-hydrogen) atoms. The van der Waals surface area contributed by atoms with Crippen LogP contribution in [0.2, 0.25) is 5.02 Å². The number of methoxy groups -OCH3 is 2. The van der Waals surface area contributed by atoms with E-state index in [1.165, 1.54) is 20.5 Å². The van der Waals surface area contributed by atoms with Crippen LogP contribution < -0.4 is 29.7 Å². The van der Waals surface area contributed by atoms with E-state index in [4.69, 9.17) is 30.5 Å². The molecule has 1 aliphatic rings. The van der Waals surface area contributed by atoms with Crippen molar-refractivity contribution in [2.75, 3.05) is 37.0 Å². The maximum atomic E-state index is 15.5. The second kappa shape index (κ2) is 17.3. The lowest BCUT2D eigenvalue weighted by Gasteiger charge is -2.25. The van der Waals surface area contributed by atoms with Crippen molar-refractivity contribution < 1.29 is 41.3 Å². The molecule has 14 nitrogen and oxygen atoms in total. The third kappa shape index (κ3) is 10.5. The minimum Gasteiger partial charge on any atom is -0.497 e. The van der Waals surface area contributed by atoms with Gasteiger partial charge in [-0.2, -0.15) is 4.37 Å². The first-order valence-electron chi connectivity index (χ1n) is 15.9. The number of unbranched alkanes of at least 4 members (excludes halogenated alkanes) is 1. The largest absolute Gasteiger partial charge is 0.497 e. The molecule has 1 heterocycles. The lowest BCUT2D eigenvalue weighted by Crippen LogP contribution is -2.48. The highest BCUT2D eigenvalue weighted by Gasteiger charge is 2.33. The second-order valence-corrected chi connectivity index (χ2v) is 15.4. The predicted molar refractivity (Wildman–Crippen MR) is 187 cm³/mol. The number of ether oxygens (including phenoxy) is 4. The van der Waals surface area contributed by atoms with Crippen molar-refractivity contribution in [3.8, 4) is 11.5 Å². The molecule has 1 fully saturated rings. The van der Waals surface area contributed by atoms with Crippen LogP contribution in [0.25, 0.3) is 0 Å². The highest BCUT2D eigenvalue weighted by Crippen LogP contribution is 2.35. The van der Waals surface area contributed by atoms with Gasteiger partial charge in [0.05, 0.1) is 38.1 Å². The number of aromatic nitrogens is 2. The van der Waals surface area contributed by atoms with Gasteiger partial charge in [0, 0.05) is 41.3 Å². The van der Waals surface area contributed by atoms with E-state index in [1.54, 1.807) is 18.2 Å². The number of amides is 2. The maximum absolute atomic E-state index is 15.5. The number of carbonyl (C=O) groups excluding carboxylic acids is 2. The van der Waals surface area contributed by atoms with Crippen LogP contribution in [-0.4, -0.2) is 75.0 Å². The van der Waals surface area contributed by atoms with E-state index in [-0.39, 0.29) is 41.1 Å². The van der Waals surface area contributed by atoms with Crippen LogP contribution >= 0.6 is 23.1 Å². The van der Waals surface area contributed by atoms with Crippen molar-refractivity contribution in [3.05, 3.63) is 53.1 Å². The molecule has 2 atom stereocenters. The molecule has 18 heteroatoms. The third-order valence-electron chi connectivity index (χ3n) is 7.63. The average molecular weight is 757 g/mol. The van der Waals surface area contributed by atoms with E-state index in [0.29, 0.717) is 36.4 Å². The molecule has 2 amide bonds. The lowest BCUT2D eigenvalue weighted by molar-refractivity contribution is 0.0498. The fourth-order valence-corrected chi connectivity index (χ4v) is 7.75. The Morgan fingerprint density at radius 2 is 1.84 bits per heavy atom. The van der Waals surface area contributed by atoms with Gasteiger partial charge in [-0.3, -0.25) is 5.32 Å². The number of rotatable bonds is 15.